The lowest BCUT2D eigenvalue weighted by molar-refractivity contribution is -0.384. The maximum absolute atomic E-state index is 13.6. The Morgan fingerprint density at radius 1 is 1.19 bits per heavy atom. The molecule has 1 aliphatic heterocycles. The highest BCUT2D eigenvalue weighted by molar-refractivity contribution is 7.89. The Hall–Kier alpha value is -2.24. The molecular formula is C25H39ClN4O6S. The number of nitrogens with one attached hydrogen (secondary N) is 1. The lowest BCUT2D eigenvalue weighted by atomic mass is 9.96. The predicted octanol–water partition coefficient (Wildman–Crippen LogP) is 4.22. The van der Waals surface area contributed by atoms with Crippen LogP contribution >= 0.6 is 11.6 Å². The summed E-state index contributed by atoms with van der Waals surface area (Å²) < 4.78 is 28.7. The number of nitro benzene ring substituents is 1. The van der Waals surface area contributed by atoms with Crippen LogP contribution in [0.25, 0.3) is 0 Å². The molecule has 1 aromatic carbocycles. The number of hydrogen-bond donors (Lipinski definition) is 1. The minimum atomic E-state index is -4.26. The van der Waals surface area contributed by atoms with E-state index in [4.69, 9.17) is 11.6 Å². The van der Waals surface area contributed by atoms with E-state index in [1.165, 1.54) is 6.07 Å². The molecular weight excluding hydrogens is 520 g/mol. The summed E-state index contributed by atoms with van der Waals surface area (Å²) in [6, 6.07) is 1.94. The molecule has 12 heteroatoms. The summed E-state index contributed by atoms with van der Waals surface area (Å²) in [5, 5.41) is 11.0. The van der Waals surface area contributed by atoms with Crippen LogP contribution in [-0.2, 0) is 19.6 Å². The minimum absolute atomic E-state index is 0.0345. The molecule has 208 valence electrons. The second kappa shape index (κ2) is 13.5. The number of carbonyl (C=O) groups excluding carboxylic acids is 2. The van der Waals surface area contributed by atoms with Gasteiger partial charge in [-0.15, -0.1) is 0 Å². The zero-order chi connectivity index (χ0) is 27.9. The molecule has 1 aliphatic rings. The summed E-state index contributed by atoms with van der Waals surface area (Å²) in [6.45, 7) is 10.6. The van der Waals surface area contributed by atoms with Crippen molar-refractivity contribution in [3.05, 3.63) is 33.3 Å². The Morgan fingerprint density at radius 2 is 1.86 bits per heavy atom. The van der Waals surface area contributed by atoms with Gasteiger partial charge in [0.1, 0.15) is 11.1 Å². The lowest BCUT2D eigenvalue weighted by Gasteiger charge is -2.42. The number of unbranched alkanes of at least 4 members (excludes halogenated alkanes) is 1. The third-order valence-corrected chi connectivity index (χ3v) is 8.91. The van der Waals surface area contributed by atoms with E-state index < -0.39 is 26.7 Å². The smallest absolute Gasteiger partial charge is 0.289 e. The van der Waals surface area contributed by atoms with Crippen LogP contribution in [0, 0.1) is 22.0 Å². The molecule has 1 fully saturated rings. The number of rotatable bonds is 12. The topological polar surface area (TPSA) is 130 Å². The minimum Gasteiger partial charge on any atom is -0.337 e. The fraction of sp³-hybridized carbons (Fsp3) is 0.680. The SMILES string of the molecule is CCCCC(CC)C(=O)N1CCN(C(=O)C(NS(=O)(=O)c2ccc(Cl)c([N+](=O)[O-])c2)C(C)CC)CC1C. The maximum atomic E-state index is 13.6. The average molecular weight is 559 g/mol. The summed E-state index contributed by atoms with van der Waals surface area (Å²) in [5.74, 6) is -0.636. The van der Waals surface area contributed by atoms with E-state index in [0.29, 0.717) is 26.1 Å². The molecule has 0 radical (unpaired) electrons. The number of benzene rings is 1. The Labute approximate surface area is 224 Å². The molecule has 37 heavy (non-hydrogen) atoms. The molecule has 1 aromatic rings. The molecule has 2 amide bonds. The van der Waals surface area contributed by atoms with E-state index >= 15 is 0 Å². The first kappa shape index (κ1) is 31.0. The van der Waals surface area contributed by atoms with Gasteiger partial charge in [0.15, 0.2) is 0 Å². The van der Waals surface area contributed by atoms with Gasteiger partial charge in [-0.25, -0.2) is 8.42 Å². The highest BCUT2D eigenvalue weighted by Gasteiger charge is 2.38. The Bertz CT molecular complexity index is 1080. The van der Waals surface area contributed by atoms with Crippen molar-refractivity contribution in [3.8, 4) is 0 Å². The number of carbonyl (C=O) groups is 2. The highest BCUT2D eigenvalue weighted by Crippen LogP contribution is 2.28. The van der Waals surface area contributed by atoms with E-state index in [1.807, 2.05) is 25.7 Å². The quantitative estimate of drug-likeness (QED) is 0.302. The second-order valence-corrected chi connectivity index (χ2v) is 11.9. The van der Waals surface area contributed by atoms with Crippen molar-refractivity contribution in [1.29, 1.82) is 0 Å². The van der Waals surface area contributed by atoms with Gasteiger partial charge in [-0.1, -0.05) is 58.6 Å². The van der Waals surface area contributed by atoms with Crippen LogP contribution < -0.4 is 4.72 Å². The Balaban J connectivity index is 2.21. The van der Waals surface area contributed by atoms with Crippen molar-refractivity contribution in [2.24, 2.45) is 11.8 Å². The largest absolute Gasteiger partial charge is 0.337 e. The second-order valence-electron chi connectivity index (χ2n) is 9.77. The normalized spacial score (nSPS) is 18.8. The van der Waals surface area contributed by atoms with Crippen LogP contribution in [0.2, 0.25) is 5.02 Å². The van der Waals surface area contributed by atoms with Gasteiger partial charge >= 0.3 is 0 Å². The van der Waals surface area contributed by atoms with Gasteiger partial charge in [0.2, 0.25) is 21.8 Å². The van der Waals surface area contributed by atoms with Crippen LogP contribution in [0.3, 0.4) is 0 Å². The maximum Gasteiger partial charge on any atom is 0.289 e. The van der Waals surface area contributed by atoms with Crippen LogP contribution in [0.15, 0.2) is 23.1 Å². The molecule has 0 aromatic heterocycles. The molecule has 0 spiro atoms. The van der Waals surface area contributed by atoms with Gasteiger partial charge in [-0.3, -0.25) is 19.7 Å². The van der Waals surface area contributed by atoms with Gasteiger partial charge < -0.3 is 9.80 Å². The van der Waals surface area contributed by atoms with Gasteiger partial charge in [0, 0.05) is 37.7 Å². The number of amides is 2. The summed E-state index contributed by atoms with van der Waals surface area (Å²) in [4.78, 5) is 40.3. The number of sulfonamides is 1. The van der Waals surface area contributed by atoms with Gasteiger partial charge in [-0.05, 0) is 37.8 Å². The van der Waals surface area contributed by atoms with Crippen molar-refractivity contribution in [3.63, 3.8) is 0 Å². The monoisotopic (exact) mass is 558 g/mol. The summed E-state index contributed by atoms with van der Waals surface area (Å²) in [7, 11) is -4.26. The number of halogens is 1. The molecule has 0 aliphatic carbocycles. The molecule has 0 bridgehead atoms. The first-order valence-electron chi connectivity index (χ1n) is 12.9. The van der Waals surface area contributed by atoms with E-state index in [2.05, 4.69) is 11.6 Å². The molecule has 10 nitrogen and oxygen atoms in total. The number of piperazine rings is 1. The summed E-state index contributed by atoms with van der Waals surface area (Å²) in [5.41, 5.74) is -0.533. The first-order valence-corrected chi connectivity index (χ1v) is 14.8. The van der Waals surface area contributed by atoms with Gasteiger partial charge in [0.25, 0.3) is 5.69 Å². The molecule has 1 heterocycles. The van der Waals surface area contributed by atoms with Crippen LogP contribution in [0.1, 0.15) is 66.7 Å². The third kappa shape index (κ3) is 7.64. The molecule has 1 N–H and O–H groups in total. The number of nitro groups is 1. The van der Waals surface area contributed by atoms with Crippen molar-refractivity contribution in [1.82, 2.24) is 14.5 Å². The molecule has 4 atom stereocenters. The number of nitrogens with zero attached hydrogens (tertiary/aromatic N) is 3. The molecule has 2 rings (SSSR count). The molecule has 0 saturated carbocycles. The van der Waals surface area contributed by atoms with Gasteiger partial charge in [-0.2, -0.15) is 4.72 Å². The fourth-order valence-electron chi connectivity index (χ4n) is 4.55. The van der Waals surface area contributed by atoms with E-state index in [9.17, 15) is 28.1 Å². The lowest BCUT2D eigenvalue weighted by Crippen LogP contribution is -2.60. The molecule has 4 unspecified atom stereocenters. The van der Waals surface area contributed by atoms with Crippen molar-refractivity contribution in [2.75, 3.05) is 19.6 Å². The van der Waals surface area contributed by atoms with E-state index in [1.54, 1.807) is 11.8 Å². The van der Waals surface area contributed by atoms with Crippen molar-refractivity contribution < 1.29 is 22.9 Å². The van der Waals surface area contributed by atoms with Gasteiger partial charge in [0.05, 0.1) is 9.82 Å². The zero-order valence-electron chi connectivity index (χ0n) is 22.3. The van der Waals surface area contributed by atoms with Crippen LogP contribution in [-0.4, -0.2) is 66.7 Å². The van der Waals surface area contributed by atoms with E-state index in [0.717, 1.165) is 37.8 Å². The predicted molar refractivity (Wildman–Crippen MR) is 143 cm³/mol. The van der Waals surface area contributed by atoms with Crippen molar-refractivity contribution in [2.45, 2.75) is 83.7 Å². The third-order valence-electron chi connectivity index (χ3n) is 7.16. The van der Waals surface area contributed by atoms with E-state index in [-0.39, 0.29) is 39.6 Å². The average Bonchev–Trinajstić information content (AvgIpc) is 2.86. The Kier molecular flexibility index (Phi) is 11.3. The fourth-order valence-corrected chi connectivity index (χ4v) is 6.05. The standard InChI is InChI=1S/C25H39ClN4O6S/c1-6-9-10-19(8-3)24(31)29-14-13-28(16-18(29)5)25(32)23(17(4)7-2)27-37(35,36)20-11-12-21(26)22(15-20)30(33)34/h11-12,15,17-19,23,27H,6-10,13-14,16H2,1-5H3. The number of hydrogen-bond acceptors (Lipinski definition) is 6. The van der Waals surface area contributed by atoms with Crippen LogP contribution in [0.4, 0.5) is 5.69 Å². The Morgan fingerprint density at radius 3 is 2.41 bits per heavy atom. The zero-order valence-corrected chi connectivity index (χ0v) is 23.8. The molecule has 1 saturated heterocycles. The van der Waals surface area contributed by atoms with Crippen LogP contribution in [0.5, 0.6) is 0 Å². The summed E-state index contributed by atoms with van der Waals surface area (Å²) >= 11 is 5.83. The van der Waals surface area contributed by atoms with Crippen molar-refractivity contribution >= 4 is 39.1 Å². The first-order chi connectivity index (χ1) is 17.4. The highest BCUT2D eigenvalue weighted by atomic mass is 35.5. The summed E-state index contributed by atoms with van der Waals surface area (Å²) in [6.07, 6.45) is 4.16.